The molecule has 3 aromatic heterocycles. The van der Waals surface area contributed by atoms with Gasteiger partial charge in [0.15, 0.2) is 5.65 Å². The van der Waals surface area contributed by atoms with Crippen LogP contribution in [0.25, 0.3) is 22.3 Å². The van der Waals surface area contributed by atoms with Gasteiger partial charge in [0.2, 0.25) is 5.88 Å². The maximum Gasteiger partial charge on any atom is 0.230 e. The predicted octanol–water partition coefficient (Wildman–Crippen LogP) is 3.51. The molecule has 126 valence electrons. The summed E-state index contributed by atoms with van der Waals surface area (Å²) in [5.74, 6) is 1.22. The van der Waals surface area contributed by atoms with Crippen molar-refractivity contribution in [3.05, 3.63) is 48.4 Å². The molecule has 4 rings (SSSR count). The fraction of sp³-hybridized carbons (Fsp3) is 0.118. The van der Waals surface area contributed by atoms with E-state index in [2.05, 4.69) is 20.6 Å². The maximum atomic E-state index is 13.3. The first-order chi connectivity index (χ1) is 12.1. The van der Waals surface area contributed by atoms with Gasteiger partial charge in [-0.05, 0) is 12.1 Å². The molecular weight excluding hydrogens is 325 g/mol. The minimum atomic E-state index is -0.330. The minimum Gasteiger partial charge on any atom is -0.496 e. The highest BCUT2D eigenvalue weighted by atomic mass is 19.1. The molecule has 0 spiro atoms. The van der Waals surface area contributed by atoms with Gasteiger partial charge in [-0.2, -0.15) is 5.10 Å². The summed E-state index contributed by atoms with van der Waals surface area (Å²) in [4.78, 5) is 4.50. The van der Waals surface area contributed by atoms with Crippen LogP contribution in [0.3, 0.4) is 0 Å². The fourth-order valence-corrected chi connectivity index (χ4v) is 2.56. The van der Waals surface area contributed by atoms with Crippen LogP contribution < -0.4 is 10.1 Å². The number of methoxy groups -OCH3 is 1. The van der Waals surface area contributed by atoms with Crippen molar-refractivity contribution >= 4 is 22.7 Å². The van der Waals surface area contributed by atoms with E-state index in [9.17, 15) is 4.39 Å². The number of hydrogen-bond donors (Lipinski definition) is 1. The number of ether oxygens (including phenoxy) is 1. The van der Waals surface area contributed by atoms with E-state index < -0.39 is 0 Å². The number of nitrogens with zero attached hydrogens (tertiary/aromatic N) is 4. The van der Waals surface area contributed by atoms with Gasteiger partial charge in [0.05, 0.1) is 18.7 Å². The van der Waals surface area contributed by atoms with Crippen molar-refractivity contribution < 1.29 is 13.7 Å². The van der Waals surface area contributed by atoms with Crippen LogP contribution in [0.5, 0.6) is 5.75 Å². The summed E-state index contributed by atoms with van der Waals surface area (Å²) in [5, 5.41) is 12.0. The molecule has 0 radical (unpaired) electrons. The topological polar surface area (TPSA) is 78.0 Å². The van der Waals surface area contributed by atoms with E-state index in [0.29, 0.717) is 34.4 Å². The van der Waals surface area contributed by atoms with Crippen molar-refractivity contribution in [2.45, 2.75) is 0 Å². The van der Waals surface area contributed by atoms with Gasteiger partial charge in [0.25, 0.3) is 0 Å². The zero-order valence-corrected chi connectivity index (χ0v) is 13.5. The molecule has 0 aliphatic rings. The first kappa shape index (κ1) is 15.1. The Labute approximate surface area is 142 Å². The standard InChI is InChI=1S/C17H14FN5O2/c1-23-17-12(9-19-23)14(24-2)8-15(21-17)20-16-7-13(22-25-16)10-4-3-5-11(18)6-10/h3-9H,1-2H3,(H,20,21). The lowest BCUT2D eigenvalue weighted by molar-refractivity contribution is 0.419. The van der Waals surface area contributed by atoms with Crippen LogP contribution in [-0.4, -0.2) is 27.0 Å². The van der Waals surface area contributed by atoms with Crippen LogP contribution in [-0.2, 0) is 7.05 Å². The van der Waals surface area contributed by atoms with Crippen molar-refractivity contribution in [1.29, 1.82) is 0 Å². The zero-order chi connectivity index (χ0) is 17.4. The Balaban J connectivity index is 1.67. The smallest absolute Gasteiger partial charge is 0.230 e. The molecule has 0 aliphatic heterocycles. The minimum absolute atomic E-state index is 0.330. The lowest BCUT2D eigenvalue weighted by Crippen LogP contribution is -1.98. The molecule has 4 aromatic rings. The molecule has 8 heteroatoms. The fourth-order valence-electron chi connectivity index (χ4n) is 2.56. The first-order valence-electron chi connectivity index (χ1n) is 7.50. The number of nitrogens with one attached hydrogen (secondary N) is 1. The maximum absolute atomic E-state index is 13.3. The van der Waals surface area contributed by atoms with E-state index in [-0.39, 0.29) is 5.82 Å². The number of pyridine rings is 1. The van der Waals surface area contributed by atoms with Crippen LogP contribution in [0.1, 0.15) is 0 Å². The summed E-state index contributed by atoms with van der Waals surface area (Å²) in [6.07, 6.45) is 1.70. The van der Waals surface area contributed by atoms with E-state index in [1.54, 1.807) is 49.3 Å². The van der Waals surface area contributed by atoms with E-state index >= 15 is 0 Å². The van der Waals surface area contributed by atoms with Crippen LogP contribution in [0, 0.1) is 5.82 Å². The van der Waals surface area contributed by atoms with Gasteiger partial charge in [-0.15, -0.1) is 0 Å². The van der Waals surface area contributed by atoms with Crippen molar-refractivity contribution in [2.24, 2.45) is 7.05 Å². The third kappa shape index (κ3) is 2.78. The number of aromatic nitrogens is 4. The molecule has 0 saturated heterocycles. The van der Waals surface area contributed by atoms with Gasteiger partial charge in [0.1, 0.15) is 23.1 Å². The molecule has 0 saturated carbocycles. The summed E-state index contributed by atoms with van der Waals surface area (Å²) in [6.45, 7) is 0. The number of benzene rings is 1. The molecule has 0 bridgehead atoms. The largest absolute Gasteiger partial charge is 0.496 e. The summed E-state index contributed by atoms with van der Waals surface area (Å²) < 4.78 is 25.7. The van der Waals surface area contributed by atoms with Crippen LogP contribution in [0.4, 0.5) is 16.1 Å². The molecule has 1 N–H and O–H groups in total. The molecule has 0 aliphatic carbocycles. The molecule has 0 fully saturated rings. The zero-order valence-electron chi connectivity index (χ0n) is 13.5. The van der Waals surface area contributed by atoms with Crippen molar-refractivity contribution in [2.75, 3.05) is 12.4 Å². The molecule has 7 nitrogen and oxygen atoms in total. The third-order valence-electron chi connectivity index (χ3n) is 3.77. The number of aryl methyl sites for hydroxylation is 1. The van der Waals surface area contributed by atoms with Crippen LogP contribution >= 0.6 is 0 Å². The Morgan fingerprint density at radius 2 is 2.12 bits per heavy atom. The SMILES string of the molecule is COc1cc(Nc2cc(-c3cccc(F)c3)no2)nc2c1cnn2C. The Morgan fingerprint density at radius 3 is 2.92 bits per heavy atom. The lowest BCUT2D eigenvalue weighted by Gasteiger charge is -2.06. The second-order valence-electron chi connectivity index (χ2n) is 5.43. The van der Waals surface area contributed by atoms with Gasteiger partial charge in [0, 0.05) is 24.7 Å². The normalized spacial score (nSPS) is 11.0. The van der Waals surface area contributed by atoms with Crippen LogP contribution in [0.2, 0.25) is 0 Å². The van der Waals surface area contributed by atoms with E-state index in [1.807, 2.05) is 0 Å². The predicted molar refractivity (Wildman–Crippen MR) is 90.2 cm³/mol. The average Bonchev–Trinajstić information content (AvgIpc) is 3.22. The number of fused-ring (bicyclic) bond motifs is 1. The van der Waals surface area contributed by atoms with Gasteiger partial charge < -0.3 is 14.6 Å². The molecule has 3 heterocycles. The van der Waals surface area contributed by atoms with Gasteiger partial charge >= 0.3 is 0 Å². The summed E-state index contributed by atoms with van der Waals surface area (Å²) in [5.41, 5.74) is 1.83. The Morgan fingerprint density at radius 1 is 1.24 bits per heavy atom. The van der Waals surface area contributed by atoms with Gasteiger partial charge in [-0.1, -0.05) is 17.3 Å². The summed E-state index contributed by atoms with van der Waals surface area (Å²) in [6, 6.07) is 9.57. The lowest BCUT2D eigenvalue weighted by atomic mass is 10.1. The highest BCUT2D eigenvalue weighted by Gasteiger charge is 2.13. The first-order valence-corrected chi connectivity index (χ1v) is 7.50. The second kappa shape index (κ2) is 5.90. The Kier molecular flexibility index (Phi) is 3.57. The Bertz CT molecular complexity index is 1060. The quantitative estimate of drug-likeness (QED) is 0.613. The molecule has 25 heavy (non-hydrogen) atoms. The third-order valence-corrected chi connectivity index (χ3v) is 3.77. The molecular formula is C17H14FN5O2. The van der Waals surface area contributed by atoms with Crippen molar-refractivity contribution in [1.82, 2.24) is 19.9 Å². The Hall–Kier alpha value is -3.42. The van der Waals surface area contributed by atoms with E-state index in [1.165, 1.54) is 12.1 Å². The summed E-state index contributed by atoms with van der Waals surface area (Å²) in [7, 11) is 3.39. The molecule has 1 aromatic carbocycles. The number of rotatable bonds is 4. The van der Waals surface area contributed by atoms with Crippen molar-refractivity contribution in [3.63, 3.8) is 0 Å². The number of halogens is 1. The van der Waals surface area contributed by atoms with Gasteiger partial charge in [-0.25, -0.2) is 9.37 Å². The molecule has 0 unspecified atom stereocenters. The van der Waals surface area contributed by atoms with E-state index in [4.69, 9.17) is 9.26 Å². The number of hydrogen-bond acceptors (Lipinski definition) is 6. The highest BCUT2D eigenvalue weighted by Crippen LogP contribution is 2.29. The van der Waals surface area contributed by atoms with Crippen molar-refractivity contribution in [3.8, 4) is 17.0 Å². The second-order valence-corrected chi connectivity index (χ2v) is 5.43. The molecule has 0 amide bonds. The molecule has 0 atom stereocenters. The summed E-state index contributed by atoms with van der Waals surface area (Å²) >= 11 is 0. The highest BCUT2D eigenvalue weighted by molar-refractivity contribution is 5.84. The monoisotopic (exact) mass is 339 g/mol. The number of anilines is 2. The van der Waals surface area contributed by atoms with Crippen LogP contribution in [0.15, 0.2) is 47.1 Å². The van der Waals surface area contributed by atoms with E-state index in [0.717, 1.165) is 5.39 Å². The average molecular weight is 339 g/mol. The van der Waals surface area contributed by atoms with Gasteiger partial charge in [-0.3, -0.25) is 4.68 Å².